The van der Waals surface area contributed by atoms with E-state index in [0.29, 0.717) is 10.9 Å². The molecule has 0 fully saturated rings. The van der Waals surface area contributed by atoms with Gasteiger partial charge in [-0.15, -0.1) is 10.2 Å². The average Bonchev–Trinajstić information content (AvgIpc) is 2.83. The summed E-state index contributed by atoms with van der Waals surface area (Å²) in [5.74, 6) is -0.356. The van der Waals surface area contributed by atoms with E-state index < -0.39 is 5.91 Å². The maximum absolute atomic E-state index is 11.8. The molecule has 20 heavy (non-hydrogen) atoms. The van der Waals surface area contributed by atoms with Crippen LogP contribution in [0.15, 0.2) is 59.0 Å². The summed E-state index contributed by atoms with van der Waals surface area (Å²) < 4.78 is 0. The summed E-state index contributed by atoms with van der Waals surface area (Å²) in [4.78, 5) is 18.5. The summed E-state index contributed by atoms with van der Waals surface area (Å²) in [5.41, 5.74) is 1.12. The van der Waals surface area contributed by atoms with Gasteiger partial charge < -0.3 is 10.1 Å². The zero-order chi connectivity index (χ0) is 13.9. The predicted octanol–water partition coefficient (Wildman–Crippen LogP) is 3.19. The molecule has 2 N–H and O–H groups in total. The number of azo groups is 1. The van der Waals surface area contributed by atoms with Crippen LogP contribution in [-0.4, -0.2) is 21.0 Å². The van der Waals surface area contributed by atoms with Crippen molar-refractivity contribution in [2.45, 2.75) is 0 Å². The number of hydrogen-bond donors (Lipinski definition) is 2. The Bertz CT molecular complexity index is 793. The van der Waals surface area contributed by atoms with Crippen LogP contribution in [0.5, 0.6) is 5.75 Å². The van der Waals surface area contributed by atoms with Crippen molar-refractivity contribution in [3.8, 4) is 5.75 Å². The van der Waals surface area contributed by atoms with Crippen LogP contribution in [0.2, 0.25) is 0 Å². The first-order chi connectivity index (χ1) is 9.75. The summed E-state index contributed by atoms with van der Waals surface area (Å²) >= 11 is 0. The largest absolute Gasteiger partial charge is 0.504 e. The minimum atomic E-state index is -0.495. The Morgan fingerprint density at radius 3 is 2.65 bits per heavy atom. The number of pyridine rings is 1. The number of benzene rings is 1. The third-order valence-electron chi connectivity index (χ3n) is 2.83. The lowest BCUT2D eigenvalue weighted by Crippen LogP contribution is -1.92. The minimum absolute atomic E-state index is 0.0214. The van der Waals surface area contributed by atoms with E-state index in [9.17, 15) is 9.90 Å². The fraction of sp³-hybridized carbons (Fsp3) is 0. The fourth-order valence-electron chi connectivity index (χ4n) is 1.83. The van der Waals surface area contributed by atoms with Crippen molar-refractivity contribution in [3.05, 3.63) is 54.4 Å². The van der Waals surface area contributed by atoms with Crippen molar-refractivity contribution >= 4 is 22.6 Å². The molecule has 0 aliphatic carbocycles. The van der Waals surface area contributed by atoms with Crippen molar-refractivity contribution < 1.29 is 9.90 Å². The Morgan fingerprint density at radius 1 is 1.15 bits per heavy atom. The molecule has 3 rings (SSSR count). The molecular weight excluding hydrogens is 256 g/mol. The number of hydrogen-bond acceptors (Lipinski definition) is 4. The van der Waals surface area contributed by atoms with Crippen LogP contribution >= 0.6 is 0 Å². The molecule has 6 heteroatoms. The minimum Gasteiger partial charge on any atom is -0.504 e. The van der Waals surface area contributed by atoms with E-state index in [2.05, 4.69) is 20.2 Å². The standard InChI is InChI=1S/C14H10N4O2/c19-12-10-3-1-2-4-11(10)16-13(12)17-18-14(20)9-5-7-15-8-6-9/h1-8,16,19H. The average molecular weight is 266 g/mol. The number of fused-ring (bicyclic) bond motifs is 1. The van der Waals surface area contributed by atoms with Crippen molar-refractivity contribution in [3.63, 3.8) is 0 Å². The topological polar surface area (TPSA) is 90.7 Å². The van der Waals surface area contributed by atoms with Crippen LogP contribution in [-0.2, 0) is 0 Å². The van der Waals surface area contributed by atoms with Gasteiger partial charge in [0.15, 0.2) is 11.6 Å². The van der Waals surface area contributed by atoms with E-state index in [4.69, 9.17) is 0 Å². The summed E-state index contributed by atoms with van der Waals surface area (Å²) in [6, 6.07) is 10.3. The van der Waals surface area contributed by atoms with E-state index in [1.165, 1.54) is 12.4 Å². The number of aromatic hydroxyl groups is 1. The number of amides is 1. The lowest BCUT2D eigenvalue weighted by atomic mass is 10.2. The highest BCUT2D eigenvalue weighted by Crippen LogP contribution is 2.34. The normalized spacial score (nSPS) is 11.2. The number of aromatic nitrogens is 2. The lowest BCUT2D eigenvalue weighted by molar-refractivity contribution is 0.0995. The molecule has 0 saturated carbocycles. The Labute approximate surface area is 113 Å². The Kier molecular flexibility index (Phi) is 2.96. The summed E-state index contributed by atoms with van der Waals surface area (Å²) in [6.07, 6.45) is 3.01. The molecule has 0 atom stereocenters. The Balaban J connectivity index is 1.91. The molecule has 6 nitrogen and oxygen atoms in total. The first kappa shape index (κ1) is 12.0. The second kappa shape index (κ2) is 4.93. The van der Waals surface area contributed by atoms with Crippen molar-refractivity contribution in [1.82, 2.24) is 9.97 Å². The van der Waals surface area contributed by atoms with Crippen LogP contribution in [0.25, 0.3) is 10.9 Å². The maximum atomic E-state index is 11.8. The number of aromatic amines is 1. The summed E-state index contributed by atoms with van der Waals surface area (Å²) in [6.45, 7) is 0. The monoisotopic (exact) mass is 266 g/mol. The SMILES string of the molecule is O=C(N=Nc1[nH]c2ccccc2c1O)c1ccncc1. The molecule has 0 bridgehead atoms. The van der Waals surface area contributed by atoms with E-state index in [1.807, 2.05) is 6.07 Å². The molecule has 2 aromatic heterocycles. The van der Waals surface area contributed by atoms with Gasteiger partial charge in [-0.25, -0.2) is 0 Å². The van der Waals surface area contributed by atoms with Crippen LogP contribution in [0.4, 0.5) is 5.82 Å². The molecule has 2 heterocycles. The van der Waals surface area contributed by atoms with Gasteiger partial charge in [0, 0.05) is 23.3 Å². The number of nitrogens with zero attached hydrogens (tertiary/aromatic N) is 3. The van der Waals surface area contributed by atoms with Gasteiger partial charge in [0.1, 0.15) is 0 Å². The van der Waals surface area contributed by atoms with Crippen LogP contribution in [0.1, 0.15) is 10.4 Å². The van der Waals surface area contributed by atoms with Gasteiger partial charge in [0.2, 0.25) is 0 Å². The van der Waals surface area contributed by atoms with Gasteiger partial charge in [0.25, 0.3) is 5.91 Å². The molecule has 0 unspecified atom stereocenters. The van der Waals surface area contributed by atoms with Crippen LogP contribution in [0.3, 0.4) is 0 Å². The van der Waals surface area contributed by atoms with E-state index in [0.717, 1.165) is 5.52 Å². The second-order valence-electron chi connectivity index (χ2n) is 4.11. The zero-order valence-electron chi connectivity index (χ0n) is 10.3. The number of carbonyl (C=O) groups excluding carboxylic acids is 1. The molecule has 0 aliphatic rings. The van der Waals surface area contributed by atoms with E-state index in [1.54, 1.807) is 30.3 Å². The van der Waals surface area contributed by atoms with Crippen molar-refractivity contribution in [2.75, 3.05) is 0 Å². The van der Waals surface area contributed by atoms with Crippen molar-refractivity contribution in [2.24, 2.45) is 10.2 Å². The van der Waals surface area contributed by atoms with E-state index in [-0.39, 0.29) is 11.6 Å². The first-order valence-corrected chi connectivity index (χ1v) is 5.91. The quantitative estimate of drug-likeness (QED) is 0.698. The number of para-hydroxylation sites is 1. The van der Waals surface area contributed by atoms with Gasteiger partial charge in [-0.2, -0.15) is 0 Å². The smallest absolute Gasteiger partial charge is 0.295 e. The van der Waals surface area contributed by atoms with Crippen molar-refractivity contribution in [1.29, 1.82) is 0 Å². The zero-order valence-corrected chi connectivity index (χ0v) is 10.3. The van der Waals surface area contributed by atoms with Crippen LogP contribution < -0.4 is 0 Å². The second-order valence-corrected chi connectivity index (χ2v) is 4.11. The molecule has 1 amide bonds. The number of H-pyrrole nitrogens is 1. The first-order valence-electron chi connectivity index (χ1n) is 5.91. The number of nitrogens with one attached hydrogen (secondary N) is 1. The maximum Gasteiger partial charge on any atom is 0.295 e. The van der Waals surface area contributed by atoms with Gasteiger partial charge in [-0.1, -0.05) is 12.1 Å². The predicted molar refractivity (Wildman–Crippen MR) is 73.0 cm³/mol. The van der Waals surface area contributed by atoms with Gasteiger partial charge in [-0.3, -0.25) is 9.78 Å². The third-order valence-corrected chi connectivity index (χ3v) is 2.83. The lowest BCUT2D eigenvalue weighted by Gasteiger charge is -1.92. The van der Waals surface area contributed by atoms with Gasteiger partial charge in [-0.05, 0) is 24.3 Å². The third kappa shape index (κ3) is 2.14. The molecule has 98 valence electrons. The highest BCUT2D eigenvalue weighted by atomic mass is 16.3. The molecule has 3 aromatic rings. The number of rotatable bonds is 2. The Hall–Kier alpha value is -3.02. The van der Waals surface area contributed by atoms with Gasteiger partial charge in [0.05, 0.1) is 5.52 Å². The van der Waals surface area contributed by atoms with Crippen LogP contribution in [0, 0.1) is 0 Å². The molecule has 0 radical (unpaired) electrons. The molecular formula is C14H10N4O2. The highest BCUT2D eigenvalue weighted by molar-refractivity contribution is 5.95. The fourth-order valence-corrected chi connectivity index (χ4v) is 1.83. The molecule has 1 aromatic carbocycles. The molecule has 0 spiro atoms. The summed E-state index contributed by atoms with van der Waals surface area (Å²) in [7, 11) is 0. The number of carbonyl (C=O) groups is 1. The molecule has 0 saturated heterocycles. The Morgan fingerprint density at radius 2 is 1.90 bits per heavy atom. The summed E-state index contributed by atoms with van der Waals surface area (Å²) in [5, 5.41) is 18.0. The highest BCUT2D eigenvalue weighted by Gasteiger charge is 2.10. The molecule has 0 aliphatic heterocycles. The van der Waals surface area contributed by atoms with Gasteiger partial charge >= 0.3 is 0 Å². The van der Waals surface area contributed by atoms with E-state index >= 15 is 0 Å².